The fraction of sp³-hybridized carbons (Fsp3) is 0.312. The number of aromatic nitrogens is 4. The van der Waals surface area contributed by atoms with Gasteiger partial charge in [0.15, 0.2) is 11.2 Å². The Morgan fingerprint density at radius 3 is 2.54 bits per heavy atom. The topological polar surface area (TPSA) is 167 Å². The van der Waals surface area contributed by atoms with Crippen LogP contribution < -0.4 is 40.9 Å². The molecular formula is C16H20N5NaO5P+. The van der Waals surface area contributed by atoms with E-state index in [1.54, 1.807) is 34.9 Å². The molecule has 1 aromatic carbocycles. The molecule has 0 bridgehead atoms. The minimum absolute atomic E-state index is 0. The fourth-order valence-corrected chi connectivity index (χ4v) is 4.18. The number of nitrogen functional groups attached to an aromatic ring is 1. The second-order valence-corrected chi connectivity index (χ2v) is 8.12. The largest absolute Gasteiger partial charge is 1.00 e. The third-order valence-electron chi connectivity index (χ3n) is 4.35. The monoisotopic (exact) mass is 416 g/mol. The molecule has 12 heteroatoms. The van der Waals surface area contributed by atoms with Crippen molar-refractivity contribution in [3.8, 4) is 0 Å². The number of hydrogen-bond acceptors (Lipinski definition) is 6. The number of nitrogens with two attached hydrogens (primary N) is 1. The summed E-state index contributed by atoms with van der Waals surface area (Å²) in [6, 6.07) is 8.46. The maximum absolute atomic E-state index is 12.0. The van der Waals surface area contributed by atoms with Crippen molar-refractivity contribution >= 4 is 24.7 Å². The Morgan fingerprint density at radius 1 is 1.25 bits per heavy atom. The number of hydrogen-bond donors (Lipinski definition) is 5. The van der Waals surface area contributed by atoms with Crippen molar-refractivity contribution in [2.75, 3.05) is 12.3 Å². The zero-order valence-electron chi connectivity index (χ0n) is 15.3. The second kappa shape index (κ2) is 9.32. The molecule has 0 aliphatic heterocycles. The zero-order valence-corrected chi connectivity index (χ0v) is 18.2. The third kappa shape index (κ3) is 5.09. The maximum atomic E-state index is 12.0. The third-order valence-corrected chi connectivity index (χ3v) is 5.67. The number of benzene rings is 1. The second-order valence-electron chi connectivity index (χ2n) is 6.32. The van der Waals surface area contributed by atoms with E-state index < -0.39 is 24.7 Å². The number of nitrogens with one attached hydrogen (secondary N) is 1. The van der Waals surface area contributed by atoms with Gasteiger partial charge in [-0.3, -0.25) is 14.3 Å². The molecule has 2 unspecified atom stereocenters. The van der Waals surface area contributed by atoms with E-state index in [9.17, 15) is 24.3 Å². The normalized spacial score (nSPS) is 13.8. The number of rotatable bonds is 7. The molecular weight excluding hydrogens is 396 g/mol. The molecule has 0 aliphatic rings. The Hall–Kier alpha value is -1.52. The van der Waals surface area contributed by atoms with E-state index >= 15 is 0 Å². The van der Waals surface area contributed by atoms with Crippen LogP contribution in [0.4, 0.5) is 5.95 Å². The first-order valence-corrected chi connectivity index (χ1v) is 9.89. The van der Waals surface area contributed by atoms with Gasteiger partial charge in [-0.25, -0.2) is 4.98 Å². The van der Waals surface area contributed by atoms with Gasteiger partial charge in [0, 0.05) is 19.1 Å². The number of H-pyrrole nitrogens is 1. The van der Waals surface area contributed by atoms with Gasteiger partial charge in [0.05, 0.1) is 12.0 Å². The number of aliphatic hydroxyl groups excluding tert-OH is 1. The summed E-state index contributed by atoms with van der Waals surface area (Å²) >= 11 is 0. The molecule has 2 atom stereocenters. The van der Waals surface area contributed by atoms with Crippen LogP contribution in [-0.2, 0) is 11.1 Å². The van der Waals surface area contributed by atoms with E-state index in [1.807, 2.05) is 0 Å². The van der Waals surface area contributed by atoms with E-state index in [2.05, 4.69) is 15.0 Å². The van der Waals surface area contributed by atoms with Gasteiger partial charge < -0.3 is 25.2 Å². The van der Waals surface area contributed by atoms with Gasteiger partial charge in [0.2, 0.25) is 5.95 Å². The molecule has 0 amide bonds. The quantitative estimate of drug-likeness (QED) is 0.210. The van der Waals surface area contributed by atoms with Crippen LogP contribution in [0.15, 0.2) is 41.5 Å². The smallest absolute Gasteiger partial charge is 0.396 e. The van der Waals surface area contributed by atoms with Crippen LogP contribution in [0.5, 0.6) is 0 Å². The van der Waals surface area contributed by atoms with Gasteiger partial charge >= 0.3 is 37.2 Å². The predicted molar refractivity (Wildman–Crippen MR) is 99.0 cm³/mol. The summed E-state index contributed by atoms with van der Waals surface area (Å²) in [5.74, 6) is -0.560. The standard InChI is InChI=1S/C16H20N5O5P.Na/c17-16-19-14-13(15(23)20-16)18-9-21(14)7-10(8-22)6-12(27(24,25)26)11-4-2-1-3-5-11;/h1-5,9-10,12,22H,6-8H2,(H2,24,25,26)(H3,17,19,20,23);/q;+1. The van der Waals surface area contributed by atoms with Gasteiger partial charge in [-0.05, 0) is 12.0 Å². The summed E-state index contributed by atoms with van der Waals surface area (Å²) in [4.78, 5) is 41.8. The molecule has 10 nitrogen and oxygen atoms in total. The van der Waals surface area contributed by atoms with Crippen molar-refractivity contribution < 1.29 is 49.0 Å². The number of nitrogens with zero attached hydrogens (tertiary/aromatic N) is 3. The maximum Gasteiger partial charge on any atom is 1.00 e. The molecule has 0 saturated carbocycles. The van der Waals surface area contributed by atoms with Crippen molar-refractivity contribution in [3.63, 3.8) is 0 Å². The van der Waals surface area contributed by atoms with Crippen molar-refractivity contribution in [2.24, 2.45) is 5.92 Å². The van der Waals surface area contributed by atoms with E-state index in [1.165, 1.54) is 6.33 Å². The Bertz CT molecular complexity index is 1030. The van der Waals surface area contributed by atoms with Crippen LogP contribution in [0, 0.1) is 5.92 Å². The average molecular weight is 416 g/mol. The molecule has 0 aliphatic carbocycles. The summed E-state index contributed by atoms with van der Waals surface area (Å²) in [7, 11) is -4.45. The van der Waals surface area contributed by atoms with E-state index in [-0.39, 0.29) is 66.2 Å². The van der Waals surface area contributed by atoms with Crippen molar-refractivity contribution in [2.45, 2.75) is 18.6 Å². The molecule has 3 rings (SSSR count). The Labute approximate surface area is 182 Å². The zero-order chi connectivity index (χ0) is 19.6. The molecule has 6 N–H and O–H groups in total. The first-order valence-electron chi connectivity index (χ1n) is 8.21. The number of fused-ring (bicyclic) bond motifs is 1. The van der Waals surface area contributed by atoms with Crippen molar-refractivity contribution in [1.29, 1.82) is 0 Å². The number of aromatic amines is 1. The van der Waals surface area contributed by atoms with Crippen molar-refractivity contribution in [1.82, 2.24) is 19.5 Å². The SMILES string of the molecule is Nc1nc2c(ncn2CC(CO)CC(c2ccccc2)P(=O)(O)O)c(=O)[nH]1.[Na+]. The average Bonchev–Trinajstić information content (AvgIpc) is 3.01. The molecule has 0 fully saturated rings. The predicted octanol–water partition coefficient (Wildman–Crippen LogP) is -2.38. The van der Waals surface area contributed by atoms with Crippen LogP contribution in [0.1, 0.15) is 17.6 Å². The van der Waals surface area contributed by atoms with Crippen molar-refractivity contribution in [3.05, 3.63) is 52.6 Å². The summed E-state index contributed by atoms with van der Waals surface area (Å²) < 4.78 is 13.6. The molecule has 2 aromatic heterocycles. The van der Waals surface area contributed by atoms with Crippen LogP contribution in [0.25, 0.3) is 11.2 Å². The molecule has 28 heavy (non-hydrogen) atoms. The number of aliphatic hydroxyl groups is 1. The van der Waals surface area contributed by atoms with Gasteiger partial charge in [-0.15, -0.1) is 0 Å². The first-order chi connectivity index (χ1) is 12.8. The fourth-order valence-electron chi connectivity index (χ4n) is 3.05. The van der Waals surface area contributed by atoms with E-state index in [0.29, 0.717) is 5.56 Å². The van der Waals surface area contributed by atoms with Crippen LogP contribution in [0.3, 0.4) is 0 Å². The molecule has 2 heterocycles. The Kier molecular flexibility index (Phi) is 7.58. The minimum atomic E-state index is -4.45. The molecule has 0 saturated heterocycles. The van der Waals surface area contributed by atoms with E-state index in [0.717, 1.165) is 0 Å². The number of anilines is 1. The first kappa shape index (κ1) is 22.8. The van der Waals surface area contributed by atoms with Crippen LogP contribution in [0.2, 0.25) is 0 Å². The van der Waals surface area contributed by atoms with E-state index in [4.69, 9.17) is 5.73 Å². The molecule has 0 spiro atoms. The molecule has 0 radical (unpaired) electrons. The summed E-state index contributed by atoms with van der Waals surface area (Å²) in [6.45, 7) is -0.131. The van der Waals surface area contributed by atoms with Gasteiger partial charge in [-0.1, -0.05) is 30.3 Å². The van der Waals surface area contributed by atoms with Crippen LogP contribution in [-0.4, -0.2) is 41.0 Å². The van der Waals surface area contributed by atoms with Gasteiger partial charge in [0.25, 0.3) is 5.56 Å². The summed E-state index contributed by atoms with van der Waals surface area (Å²) in [5, 5.41) is 9.77. The molecule has 3 aromatic rings. The summed E-state index contributed by atoms with van der Waals surface area (Å²) in [5.41, 5.74) is 4.90. The van der Waals surface area contributed by atoms with Crippen LogP contribution >= 0.6 is 7.60 Å². The van der Waals surface area contributed by atoms with Gasteiger partial charge in [0.1, 0.15) is 0 Å². The molecule has 144 valence electrons. The Balaban J connectivity index is 0.00000280. The summed E-state index contributed by atoms with van der Waals surface area (Å²) in [6.07, 6.45) is 1.44. The van der Waals surface area contributed by atoms with Gasteiger partial charge in [-0.2, -0.15) is 4.98 Å². The Morgan fingerprint density at radius 2 is 1.93 bits per heavy atom. The number of imidazole rings is 1. The minimum Gasteiger partial charge on any atom is -0.396 e.